The summed E-state index contributed by atoms with van der Waals surface area (Å²) in [6.45, 7) is 11.0. The van der Waals surface area contributed by atoms with E-state index in [1.807, 2.05) is 36.6 Å². The van der Waals surface area contributed by atoms with Crippen LogP contribution in [0, 0.1) is 0 Å². The van der Waals surface area contributed by atoms with Crippen molar-refractivity contribution in [1.82, 2.24) is 5.32 Å². The summed E-state index contributed by atoms with van der Waals surface area (Å²) >= 11 is 1.22. The molecule has 1 amide bonds. The first-order valence-electron chi connectivity index (χ1n) is 9.31. The Morgan fingerprint density at radius 1 is 1.04 bits per heavy atom. The lowest BCUT2D eigenvalue weighted by molar-refractivity contribution is -0.159. The number of amides is 1. The summed E-state index contributed by atoms with van der Waals surface area (Å²) in [5.74, 6) is -0.487. The van der Waals surface area contributed by atoms with Crippen molar-refractivity contribution in [2.45, 2.75) is 70.1 Å². The van der Waals surface area contributed by atoms with Crippen LogP contribution < -0.4 is 5.32 Å². The van der Waals surface area contributed by atoms with Gasteiger partial charge in [0.15, 0.2) is 5.54 Å². The minimum Gasteiger partial charge on any atom is -0.458 e. The summed E-state index contributed by atoms with van der Waals surface area (Å²) in [4.78, 5) is 25.8. The molecule has 1 saturated carbocycles. The van der Waals surface area contributed by atoms with Gasteiger partial charge in [0.25, 0.3) is 0 Å². The maximum atomic E-state index is 13.2. The van der Waals surface area contributed by atoms with E-state index in [4.69, 9.17) is 13.7 Å². The summed E-state index contributed by atoms with van der Waals surface area (Å²) in [5, 5.41) is 2.82. The van der Waals surface area contributed by atoms with Crippen LogP contribution in [0.5, 0.6) is 0 Å². The first-order chi connectivity index (χ1) is 12.9. The molecule has 28 heavy (non-hydrogen) atoms. The molecule has 0 saturated heterocycles. The summed E-state index contributed by atoms with van der Waals surface area (Å²) in [7, 11) is 0. The van der Waals surface area contributed by atoms with Gasteiger partial charge < -0.3 is 19.0 Å². The van der Waals surface area contributed by atoms with Crippen LogP contribution in [0.1, 0.15) is 53.5 Å². The van der Waals surface area contributed by atoms with Gasteiger partial charge in [-0.3, -0.25) is 0 Å². The second-order valence-corrected chi connectivity index (χ2v) is 9.66. The second-order valence-electron chi connectivity index (χ2n) is 9.09. The fourth-order valence-corrected chi connectivity index (χ4v) is 3.58. The fourth-order valence-electron chi connectivity index (χ4n) is 3.26. The molecule has 1 fully saturated rings. The van der Waals surface area contributed by atoms with Crippen molar-refractivity contribution >= 4 is 24.1 Å². The summed E-state index contributed by atoms with van der Waals surface area (Å²) in [6.07, 6.45) is 1.54. The first-order valence-corrected chi connectivity index (χ1v) is 10.5. The van der Waals surface area contributed by atoms with Gasteiger partial charge in [0.2, 0.25) is 0 Å². The van der Waals surface area contributed by atoms with Crippen LogP contribution in [0.4, 0.5) is 4.79 Å². The Bertz CT molecular complexity index is 710. The van der Waals surface area contributed by atoms with Gasteiger partial charge in [-0.25, -0.2) is 9.59 Å². The quantitative estimate of drug-likeness (QED) is 0.560. The van der Waals surface area contributed by atoms with E-state index < -0.39 is 34.2 Å². The minimum absolute atomic E-state index is 0.257. The molecule has 0 heterocycles. The highest BCUT2D eigenvalue weighted by molar-refractivity contribution is 7.93. The Morgan fingerprint density at radius 2 is 1.61 bits per heavy atom. The molecule has 0 spiro atoms. The molecule has 6 nitrogen and oxygen atoms in total. The van der Waals surface area contributed by atoms with Crippen molar-refractivity contribution < 1.29 is 23.2 Å². The maximum Gasteiger partial charge on any atom is 0.408 e. The molecule has 0 radical (unpaired) electrons. The van der Waals surface area contributed by atoms with E-state index in [0.717, 1.165) is 5.56 Å². The summed E-state index contributed by atoms with van der Waals surface area (Å²) in [6, 6.07) is 9.59. The third kappa shape index (κ3) is 5.00. The topological polar surface area (TPSA) is 73.9 Å². The van der Waals surface area contributed by atoms with Gasteiger partial charge in [0, 0.05) is 6.26 Å². The van der Waals surface area contributed by atoms with Crippen LogP contribution >= 0.6 is 12.0 Å². The highest BCUT2D eigenvalue weighted by Crippen LogP contribution is 2.59. The van der Waals surface area contributed by atoms with E-state index in [9.17, 15) is 9.59 Å². The first kappa shape index (κ1) is 22.6. The molecule has 156 valence electrons. The molecule has 1 aliphatic rings. The molecule has 2 atom stereocenters. The molecule has 2 rings (SSSR count). The largest absolute Gasteiger partial charge is 0.458 e. The zero-order valence-corrected chi connectivity index (χ0v) is 18.6. The van der Waals surface area contributed by atoms with E-state index >= 15 is 0 Å². The Balaban J connectivity index is 2.43. The second kappa shape index (κ2) is 7.95. The number of nitrogens with one attached hydrogen (secondary N) is 1. The third-order valence-electron chi connectivity index (χ3n) is 4.47. The van der Waals surface area contributed by atoms with Crippen LogP contribution in [-0.4, -0.2) is 41.7 Å². The third-order valence-corrected chi connectivity index (χ3v) is 4.82. The van der Waals surface area contributed by atoms with Crippen LogP contribution in [0.25, 0.3) is 0 Å². The van der Waals surface area contributed by atoms with Crippen LogP contribution in [0.3, 0.4) is 0 Å². The van der Waals surface area contributed by atoms with E-state index in [1.165, 1.54) is 12.0 Å². The van der Waals surface area contributed by atoms with Crippen LogP contribution in [0.2, 0.25) is 0 Å². The predicted octanol–water partition coefficient (Wildman–Crippen LogP) is 4.23. The lowest BCUT2D eigenvalue weighted by Gasteiger charge is -2.30. The van der Waals surface area contributed by atoms with Crippen molar-refractivity contribution in [3.8, 4) is 0 Å². The molecule has 1 aliphatic carbocycles. The Hall–Kier alpha value is -1.73. The SMILES string of the molecule is CSOCC1(c2ccccc2)CC1(NC(=O)OC(C)(C)C)C(=O)OC(C)(C)C. The van der Waals surface area contributed by atoms with Crippen molar-refractivity contribution in [2.75, 3.05) is 12.9 Å². The zero-order chi connectivity index (χ0) is 21.2. The highest BCUT2D eigenvalue weighted by Gasteiger charge is 2.75. The van der Waals surface area contributed by atoms with Gasteiger partial charge in [0.05, 0.1) is 12.0 Å². The molecule has 0 aliphatic heterocycles. The normalized spacial score (nSPS) is 24.4. The number of carbonyl (C=O) groups is 2. The number of hydrogen-bond acceptors (Lipinski definition) is 6. The molecule has 7 heteroatoms. The van der Waals surface area contributed by atoms with Gasteiger partial charge in [-0.15, -0.1) is 0 Å². The van der Waals surface area contributed by atoms with E-state index in [2.05, 4.69) is 5.32 Å². The van der Waals surface area contributed by atoms with E-state index in [0.29, 0.717) is 6.42 Å². The molecule has 1 aromatic carbocycles. The van der Waals surface area contributed by atoms with Gasteiger partial charge >= 0.3 is 12.1 Å². The zero-order valence-electron chi connectivity index (χ0n) is 17.8. The minimum atomic E-state index is -1.25. The molecule has 0 bridgehead atoms. The summed E-state index contributed by atoms with van der Waals surface area (Å²) < 4.78 is 16.8. The van der Waals surface area contributed by atoms with Gasteiger partial charge in [0.1, 0.15) is 11.2 Å². The van der Waals surface area contributed by atoms with Crippen molar-refractivity contribution in [3.63, 3.8) is 0 Å². The maximum absolute atomic E-state index is 13.2. The average Bonchev–Trinajstić information content (AvgIpc) is 3.20. The van der Waals surface area contributed by atoms with Crippen molar-refractivity contribution in [1.29, 1.82) is 0 Å². The Kier molecular flexibility index (Phi) is 6.40. The number of ether oxygens (including phenoxy) is 2. The highest BCUT2D eigenvalue weighted by atomic mass is 32.2. The van der Waals surface area contributed by atoms with E-state index in [1.54, 1.807) is 41.5 Å². The monoisotopic (exact) mass is 409 g/mol. The van der Waals surface area contributed by atoms with Crippen molar-refractivity contribution in [3.05, 3.63) is 35.9 Å². The number of alkyl carbamates (subject to hydrolysis) is 1. The molecule has 1 aromatic rings. The number of carbonyl (C=O) groups excluding carboxylic acids is 2. The van der Waals surface area contributed by atoms with Crippen LogP contribution in [-0.2, 0) is 23.9 Å². The average molecular weight is 410 g/mol. The smallest absolute Gasteiger partial charge is 0.408 e. The molecule has 2 unspecified atom stereocenters. The van der Waals surface area contributed by atoms with Crippen LogP contribution in [0.15, 0.2) is 30.3 Å². The molecule has 1 N–H and O–H groups in total. The lowest BCUT2D eigenvalue weighted by Crippen LogP contribution is -2.53. The number of hydrogen-bond donors (Lipinski definition) is 1. The standard InChI is InChI=1S/C21H31NO5S/c1-18(2,3)26-16(23)21(22-17(24)27-19(4,5)6)13-20(21,14-25-28-7)15-11-9-8-10-12-15/h8-12H,13-14H2,1-7H3,(H,22,24). The summed E-state index contributed by atoms with van der Waals surface area (Å²) in [5.41, 5.74) is -2.44. The molecular formula is C21H31NO5S. The predicted molar refractivity (Wildman–Crippen MR) is 110 cm³/mol. The fraction of sp³-hybridized carbons (Fsp3) is 0.619. The lowest BCUT2D eigenvalue weighted by atomic mass is 9.91. The molecular weight excluding hydrogens is 378 g/mol. The Labute approximate surface area is 171 Å². The van der Waals surface area contributed by atoms with Gasteiger partial charge in [-0.05, 0) is 65.6 Å². The van der Waals surface area contributed by atoms with Gasteiger partial charge in [-0.2, -0.15) is 0 Å². The number of benzene rings is 1. The van der Waals surface area contributed by atoms with Crippen molar-refractivity contribution in [2.24, 2.45) is 0 Å². The van der Waals surface area contributed by atoms with Gasteiger partial charge in [-0.1, -0.05) is 30.3 Å². The number of rotatable bonds is 6. The number of esters is 1. The van der Waals surface area contributed by atoms with E-state index in [-0.39, 0.29) is 6.61 Å². The Morgan fingerprint density at radius 3 is 2.11 bits per heavy atom. The molecule has 0 aromatic heterocycles.